The second-order valence-electron chi connectivity index (χ2n) is 5.83. The molecule has 0 unspecified atom stereocenters. The third-order valence-electron chi connectivity index (χ3n) is 4.07. The van der Waals surface area contributed by atoms with E-state index >= 15 is 0 Å². The Morgan fingerprint density at radius 2 is 2.06 bits per heavy atom. The molecule has 92 valence electrons. The van der Waals surface area contributed by atoms with Gasteiger partial charge in [-0.2, -0.15) is 0 Å². The standard InChI is InChI=1S/C13H25N3/c1-13(2,11-6-3-4-7-11)10-16-12-14-8-5-9-15-12/h11H,3-10H2,1-2H3,(H2,14,15,16). The first kappa shape index (κ1) is 11.7. The average Bonchev–Trinajstić information content (AvgIpc) is 2.82. The molecule has 0 aromatic rings. The summed E-state index contributed by atoms with van der Waals surface area (Å²) in [6.07, 6.45) is 6.83. The van der Waals surface area contributed by atoms with Crippen molar-refractivity contribution in [2.45, 2.75) is 46.0 Å². The fourth-order valence-corrected chi connectivity index (χ4v) is 2.81. The van der Waals surface area contributed by atoms with Gasteiger partial charge < -0.3 is 10.6 Å². The lowest BCUT2D eigenvalue weighted by Gasteiger charge is -2.32. The van der Waals surface area contributed by atoms with E-state index in [2.05, 4.69) is 29.5 Å². The van der Waals surface area contributed by atoms with Crippen LogP contribution in [0.4, 0.5) is 0 Å². The van der Waals surface area contributed by atoms with Gasteiger partial charge in [0.25, 0.3) is 0 Å². The number of aliphatic imine (C=N–C) groups is 1. The van der Waals surface area contributed by atoms with E-state index in [1.807, 2.05) is 0 Å². The van der Waals surface area contributed by atoms with Crippen molar-refractivity contribution in [1.29, 1.82) is 0 Å². The Morgan fingerprint density at radius 1 is 1.31 bits per heavy atom. The molecule has 1 heterocycles. The number of hydrogen-bond acceptors (Lipinski definition) is 3. The summed E-state index contributed by atoms with van der Waals surface area (Å²) in [5.41, 5.74) is 0.401. The van der Waals surface area contributed by atoms with Crippen molar-refractivity contribution in [3.05, 3.63) is 0 Å². The van der Waals surface area contributed by atoms with E-state index in [9.17, 15) is 0 Å². The van der Waals surface area contributed by atoms with Crippen molar-refractivity contribution >= 4 is 5.96 Å². The molecule has 0 atom stereocenters. The van der Waals surface area contributed by atoms with E-state index in [0.29, 0.717) is 5.41 Å². The summed E-state index contributed by atoms with van der Waals surface area (Å²) >= 11 is 0. The monoisotopic (exact) mass is 223 g/mol. The van der Waals surface area contributed by atoms with E-state index in [1.54, 1.807) is 0 Å². The highest BCUT2D eigenvalue weighted by Gasteiger charge is 2.31. The van der Waals surface area contributed by atoms with Gasteiger partial charge in [0, 0.05) is 19.6 Å². The Labute approximate surface area is 99.1 Å². The maximum atomic E-state index is 4.45. The SMILES string of the molecule is CC(C)(CNC1=NCCCN1)C1CCCC1. The van der Waals surface area contributed by atoms with Crippen LogP contribution in [0, 0.1) is 11.3 Å². The van der Waals surface area contributed by atoms with Crippen LogP contribution in [0.5, 0.6) is 0 Å². The van der Waals surface area contributed by atoms with Crippen LogP contribution in [-0.4, -0.2) is 25.6 Å². The van der Waals surface area contributed by atoms with Gasteiger partial charge in [-0.05, 0) is 30.6 Å². The zero-order chi connectivity index (χ0) is 11.4. The summed E-state index contributed by atoms with van der Waals surface area (Å²) in [5.74, 6) is 1.90. The predicted molar refractivity (Wildman–Crippen MR) is 68.7 cm³/mol. The summed E-state index contributed by atoms with van der Waals surface area (Å²) in [5, 5.41) is 6.80. The van der Waals surface area contributed by atoms with Gasteiger partial charge in [-0.1, -0.05) is 26.7 Å². The molecular weight excluding hydrogens is 198 g/mol. The van der Waals surface area contributed by atoms with Crippen molar-refractivity contribution in [1.82, 2.24) is 10.6 Å². The lowest BCUT2D eigenvalue weighted by Crippen LogP contribution is -2.45. The molecule has 1 fully saturated rings. The minimum Gasteiger partial charge on any atom is -0.356 e. The van der Waals surface area contributed by atoms with Crippen LogP contribution in [0.25, 0.3) is 0 Å². The highest BCUT2D eigenvalue weighted by atomic mass is 15.2. The largest absolute Gasteiger partial charge is 0.356 e. The first-order valence-electron chi connectivity index (χ1n) is 6.71. The summed E-state index contributed by atoms with van der Waals surface area (Å²) in [6, 6.07) is 0. The molecule has 2 aliphatic rings. The molecule has 2 rings (SSSR count). The Hall–Kier alpha value is -0.730. The zero-order valence-corrected chi connectivity index (χ0v) is 10.7. The van der Waals surface area contributed by atoms with Crippen LogP contribution in [0.2, 0.25) is 0 Å². The van der Waals surface area contributed by atoms with E-state index < -0.39 is 0 Å². The molecule has 1 aliphatic carbocycles. The maximum absolute atomic E-state index is 4.45. The van der Waals surface area contributed by atoms with Gasteiger partial charge in [-0.25, -0.2) is 0 Å². The van der Waals surface area contributed by atoms with Gasteiger partial charge in [0.15, 0.2) is 5.96 Å². The molecule has 16 heavy (non-hydrogen) atoms. The predicted octanol–water partition coefficient (Wildman–Crippen LogP) is 2.14. The highest BCUT2D eigenvalue weighted by Crippen LogP contribution is 2.38. The molecule has 2 N–H and O–H groups in total. The van der Waals surface area contributed by atoms with Gasteiger partial charge in [-0.3, -0.25) is 4.99 Å². The van der Waals surface area contributed by atoms with E-state index in [4.69, 9.17) is 0 Å². The molecule has 0 aromatic heterocycles. The topological polar surface area (TPSA) is 36.4 Å². The quantitative estimate of drug-likeness (QED) is 0.769. The minimum atomic E-state index is 0.401. The van der Waals surface area contributed by atoms with Gasteiger partial charge in [0.1, 0.15) is 0 Å². The van der Waals surface area contributed by atoms with Crippen molar-refractivity contribution < 1.29 is 0 Å². The second kappa shape index (κ2) is 5.07. The van der Waals surface area contributed by atoms with Crippen LogP contribution >= 0.6 is 0 Å². The summed E-state index contributed by atoms with van der Waals surface area (Å²) in [6.45, 7) is 7.86. The molecule has 0 saturated heterocycles. The number of hydrogen-bond donors (Lipinski definition) is 2. The number of rotatable bonds is 3. The third kappa shape index (κ3) is 2.89. The van der Waals surface area contributed by atoms with E-state index in [-0.39, 0.29) is 0 Å². The van der Waals surface area contributed by atoms with Crippen molar-refractivity contribution in [2.75, 3.05) is 19.6 Å². The summed E-state index contributed by atoms with van der Waals surface area (Å²) < 4.78 is 0. The second-order valence-corrected chi connectivity index (χ2v) is 5.83. The van der Waals surface area contributed by atoms with Crippen LogP contribution < -0.4 is 10.6 Å². The van der Waals surface area contributed by atoms with Crippen molar-refractivity contribution in [3.63, 3.8) is 0 Å². The zero-order valence-electron chi connectivity index (χ0n) is 10.7. The third-order valence-corrected chi connectivity index (χ3v) is 4.07. The van der Waals surface area contributed by atoms with Crippen LogP contribution in [-0.2, 0) is 0 Å². The molecule has 0 aromatic carbocycles. The first-order valence-corrected chi connectivity index (χ1v) is 6.71. The smallest absolute Gasteiger partial charge is 0.191 e. The molecule has 0 bridgehead atoms. The Kier molecular flexibility index (Phi) is 3.72. The lowest BCUT2D eigenvalue weighted by atomic mass is 9.78. The molecule has 3 nitrogen and oxygen atoms in total. The minimum absolute atomic E-state index is 0.401. The normalized spacial score (nSPS) is 22.8. The summed E-state index contributed by atoms with van der Waals surface area (Å²) in [4.78, 5) is 4.45. The van der Waals surface area contributed by atoms with Crippen molar-refractivity contribution in [3.8, 4) is 0 Å². The molecule has 1 saturated carbocycles. The molecule has 3 heteroatoms. The highest BCUT2D eigenvalue weighted by molar-refractivity contribution is 5.80. The van der Waals surface area contributed by atoms with Crippen LogP contribution in [0.3, 0.4) is 0 Å². The molecule has 0 amide bonds. The van der Waals surface area contributed by atoms with Gasteiger partial charge in [0.05, 0.1) is 0 Å². The Bertz CT molecular complexity index is 252. The number of nitrogens with zero attached hydrogens (tertiary/aromatic N) is 1. The fraction of sp³-hybridized carbons (Fsp3) is 0.923. The lowest BCUT2D eigenvalue weighted by molar-refractivity contribution is 0.218. The van der Waals surface area contributed by atoms with Crippen LogP contribution in [0.1, 0.15) is 46.0 Å². The summed E-state index contributed by atoms with van der Waals surface area (Å²) in [7, 11) is 0. The Morgan fingerprint density at radius 3 is 2.69 bits per heavy atom. The van der Waals surface area contributed by atoms with E-state index in [1.165, 1.54) is 25.7 Å². The van der Waals surface area contributed by atoms with Gasteiger partial charge >= 0.3 is 0 Å². The first-order chi connectivity index (χ1) is 7.68. The van der Waals surface area contributed by atoms with Crippen LogP contribution in [0.15, 0.2) is 4.99 Å². The molecule has 1 aliphatic heterocycles. The Balaban J connectivity index is 1.81. The molecule has 0 spiro atoms. The van der Waals surface area contributed by atoms with Gasteiger partial charge in [0.2, 0.25) is 0 Å². The van der Waals surface area contributed by atoms with Crippen molar-refractivity contribution in [2.24, 2.45) is 16.3 Å². The molecular formula is C13H25N3. The molecule has 0 radical (unpaired) electrons. The average molecular weight is 223 g/mol. The number of nitrogens with one attached hydrogen (secondary N) is 2. The fourth-order valence-electron chi connectivity index (χ4n) is 2.81. The number of guanidine groups is 1. The van der Waals surface area contributed by atoms with E-state index in [0.717, 1.165) is 37.9 Å². The maximum Gasteiger partial charge on any atom is 0.191 e. The van der Waals surface area contributed by atoms with Gasteiger partial charge in [-0.15, -0.1) is 0 Å².